The molecule has 25 heteroatoms. The molecular formula is C6H6F14N4O3P4. The van der Waals surface area contributed by atoms with Gasteiger partial charge in [0.2, 0.25) is 0 Å². The summed E-state index contributed by atoms with van der Waals surface area (Å²) in [6.07, 6.45) is -16.4. The van der Waals surface area contributed by atoms with E-state index in [9.17, 15) is 60.5 Å². The van der Waals surface area contributed by atoms with E-state index in [1.807, 2.05) is 9.03 Å². The molecule has 1 aliphatic heterocycles. The summed E-state index contributed by atoms with van der Waals surface area (Å²) in [4.78, 5) is 0. The van der Waals surface area contributed by atoms with Crippen LogP contribution in [0.2, 0.25) is 0 Å². The number of nitrogens with zero attached hydrogens (tertiary/aromatic N) is 4. The Morgan fingerprint density at radius 2 is 0.710 bits per heavy atom. The minimum atomic E-state index is -6.92. The number of halogens is 14. The Balaban J connectivity index is 3.67. The van der Waals surface area contributed by atoms with Crippen LogP contribution in [-0.2, 0) is 13.6 Å². The van der Waals surface area contributed by atoms with E-state index in [0.717, 1.165) is 0 Å². The van der Waals surface area contributed by atoms with Crippen molar-refractivity contribution in [1.82, 2.24) is 0 Å². The van der Waals surface area contributed by atoms with Crippen molar-refractivity contribution in [1.29, 1.82) is 0 Å². The van der Waals surface area contributed by atoms with E-state index in [4.69, 9.17) is 0 Å². The molecular weight excluding hydrogens is 566 g/mol. The van der Waals surface area contributed by atoms with E-state index in [0.29, 0.717) is 0 Å². The van der Waals surface area contributed by atoms with E-state index in [-0.39, 0.29) is 0 Å². The van der Waals surface area contributed by atoms with Gasteiger partial charge in [-0.1, -0.05) is 0 Å². The first-order valence-corrected chi connectivity index (χ1v) is 12.6. The Hall–Kier alpha value is -0.180. The van der Waals surface area contributed by atoms with E-state index >= 15 is 0 Å². The van der Waals surface area contributed by atoms with Gasteiger partial charge in [0.1, 0.15) is 0 Å². The first-order chi connectivity index (χ1) is 13.4. The van der Waals surface area contributed by atoms with Crippen LogP contribution in [0.5, 0.6) is 0 Å². The average molecular weight is 572 g/mol. The molecule has 0 aromatic heterocycles. The minimum Gasteiger partial charge on any atom is -0.294 e. The van der Waals surface area contributed by atoms with Gasteiger partial charge in [-0.2, -0.15) is 52.1 Å². The maximum Gasteiger partial charge on any atom is 0.425 e. The highest BCUT2D eigenvalue weighted by Gasteiger charge is 2.45. The zero-order valence-electron chi connectivity index (χ0n) is 13.7. The van der Waals surface area contributed by atoms with Gasteiger partial charge in [-0.25, -0.2) is 0 Å². The molecule has 0 spiro atoms. The van der Waals surface area contributed by atoms with Gasteiger partial charge in [0.05, 0.1) is 0 Å². The van der Waals surface area contributed by atoms with Crippen LogP contribution in [0.4, 0.5) is 60.5 Å². The van der Waals surface area contributed by atoms with Crippen LogP contribution in [0.1, 0.15) is 0 Å². The monoisotopic (exact) mass is 572 g/mol. The lowest BCUT2D eigenvalue weighted by molar-refractivity contribution is -0.153. The summed E-state index contributed by atoms with van der Waals surface area (Å²) < 4.78 is 197. The van der Waals surface area contributed by atoms with Crippen molar-refractivity contribution in [2.75, 3.05) is 19.8 Å². The number of alkyl halides is 9. The summed E-state index contributed by atoms with van der Waals surface area (Å²) in [6, 6.07) is 0. The molecule has 3 unspecified atom stereocenters. The SMILES string of the molecule is FC(F)(F)COP1(F)=NP(F)(F)=NP(F)(OCC(F)(F)F)=NP(F)(OCC(F)(F)F)=N1. The molecule has 0 bridgehead atoms. The van der Waals surface area contributed by atoms with E-state index in [1.54, 1.807) is 9.03 Å². The number of hydrogen-bond acceptors (Lipinski definition) is 7. The highest BCUT2D eigenvalue weighted by Crippen LogP contribution is 2.82. The molecule has 0 radical (unpaired) electrons. The second-order valence-electron chi connectivity index (χ2n) is 4.90. The highest BCUT2D eigenvalue weighted by atomic mass is 31.3. The lowest BCUT2D eigenvalue weighted by atomic mass is 10.7. The molecule has 1 heterocycles. The van der Waals surface area contributed by atoms with Gasteiger partial charge in [-0.3, -0.25) is 13.6 Å². The maximum absolute atomic E-state index is 14.6. The smallest absolute Gasteiger partial charge is 0.294 e. The van der Waals surface area contributed by atoms with Crippen molar-refractivity contribution in [3.8, 4) is 0 Å². The molecule has 0 aromatic rings. The van der Waals surface area contributed by atoms with Gasteiger partial charge in [0, 0.05) is 0 Å². The van der Waals surface area contributed by atoms with Gasteiger partial charge in [-0.15, -0.1) is 26.5 Å². The molecule has 31 heavy (non-hydrogen) atoms. The lowest BCUT2D eigenvalue weighted by Crippen LogP contribution is -2.16. The fourth-order valence-electron chi connectivity index (χ4n) is 1.23. The largest absolute Gasteiger partial charge is 0.425 e. The van der Waals surface area contributed by atoms with E-state index < -0.39 is 69.4 Å². The summed E-state index contributed by atoms with van der Waals surface area (Å²) in [5.74, 6) is 0. The second-order valence-corrected chi connectivity index (χ2v) is 12.3. The minimum absolute atomic E-state index is 1.64. The first-order valence-electron chi connectivity index (χ1n) is 6.62. The van der Waals surface area contributed by atoms with Crippen molar-refractivity contribution in [2.24, 2.45) is 18.1 Å². The first kappa shape index (κ1) is 28.9. The third-order valence-corrected chi connectivity index (χ3v) is 10.4. The normalized spacial score (nSPS) is 32.1. The van der Waals surface area contributed by atoms with Gasteiger partial charge < -0.3 is 0 Å². The van der Waals surface area contributed by atoms with Crippen LogP contribution >= 0.6 is 31.1 Å². The van der Waals surface area contributed by atoms with Gasteiger partial charge in [0.25, 0.3) is 0 Å². The molecule has 0 N–H and O–H groups in total. The standard InChI is InChI=1S/C6H6F14N4O3P4/c7-4(8,9)1-25-29(18)21-28(16,17)22-30(19,26-2-5(10,11)12)24-31(20,23-29)27-3-6(13,14)15/h1-3H2. The summed E-state index contributed by atoms with van der Waals surface area (Å²) >= 11 is 0. The Labute approximate surface area is 162 Å². The maximum atomic E-state index is 14.6. The van der Waals surface area contributed by atoms with E-state index in [1.165, 1.54) is 0 Å². The summed E-state index contributed by atoms with van der Waals surface area (Å²) in [5.41, 5.74) is 0. The van der Waals surface area contributed by atoms with Crippen LogP contribution < -0.4 is 0 Å². The van der Waals surface area contributed by atoms with Crippen molar-refractivity contribution >= 4 is 31.1 Å². The third-order valence-electron chi connectivity index (χ3n) is 2.05. The molecule has 186 valence electrons. The van der Waals surface area contributed by atoms with Crippen LogP contribution in [0.15, 0.2) is 18.1 Å². The Kier molecular flexibility index (Phi) is 8.58. The topological polar surface area (TPSA) is 77.1 Å². The third kappa shape index (κ3) is 11.5. The van der Waals surface area contributed by atoms with Gasteiger partial charge in [-0.05, 0) is 0 Å². The Bertz CT molecular complexity index is 868. The van der Waals surface area contributed by atoms with Crippen LogP contribution in [0, 0.1) is 0 Å². The summed E-state index contributed by atoms with van der Waals surface area (Å²) in [5, 5.41) is 0. The van der Waals surface area contributed by atoms with Crippen molar-refractivity contribution in [2.45, 2.75) is 18.5 Å². The Morgan fingerprint density at radius 3 is 1.00 bits per heavy atom. The summed E-state index contributed by atoms with van der Waals surface area (Å²) in [6.45, 7) is -8.30. The highest BCUT2D eigenvalue weighted by molar-refractivity contribution is 7.78. The Morgan fingerprint density at radius 1 is 0.452 bits per heavy atom. The molecule has 0 saturated heterocycles. The molecule has 0 aliphatic carbocycles. The number of rotatable bonds is 6. The van der Waals surface area contributed by atoms with Crippen LogP contribution in [-0.4, -0.2) is 38.3 Å². The molecule has 0 fully saturated rings. The predicted molar refractivity (Wildman–Crippen MR) is 79.0 cm³/mol. The number of hydrogen-bond donors (Lipinski definition) is 0. The second kappa shape index (κ2) is 9.22. The quantitative estimate of drug-likeness (QED) is 0.235. The van der Waals surface area contributed by atoms with Crippen molar-refractivity contribution in [3.05, 3.63) is 0 Å². The molecule has 0 saturated carbocycles. The molecule has 0 amide bonds. The average Bonchev–Trinajstić information content (AvgIpc) is 2.45. The zero-order valence-corrected chi connectivity index (χ0v) is 17.3. The van der Waals surface area contributed by atoms with Gasteiger partial charge >= 0.3 is 49.6 Å². The fourth-order valence-corrected chi connectivity index (χ4v) is 9.56. The zero-order chi connectivity index (χ0) is 24.6. The van der Waals surface area contributed by atoms with Crippen LogP contribution in [0.3, 0.4) is 0 Å². The molecule has 1 rings (SSSR count). The predicted octanol–water partition coefficient (Wildman–Crippen LogP) is 9.37. The van der Waals surface area contributed by atoms with E-state index in [2.05, 4.69) is 13.6 Å². The summed E-state index contributed by atoms with van der Waals surface area (Å²) in [7, 11) is -26.7. The fraction of sp³-hybridized carbons (Fsp3) is 1.00. The van der Waals surface area contributed by atoms with Crippen molar-refractivity contribution < 1.29 is 74.1 Å². The van der Waals surface area contributed by atoms with Crippen molar-refractivity contribution in [3.63, 3.8) is 0 Å². The lowest BCUT2D eigenvalue weighted by Gasteiger charge is -2.22. The molecule has 0 aromatic carbocycles. The molecule has 7 nitrogen and oxygen atoms in total. The molecule has 3 atom stereocenters. The van der Waals surface area contributed by atoms with Gasteiger partial charge in [0.15, 0.2) is 19.8 Å². The van der Waals surface area contributed by atoms with Crippen LogP contribution in [0.25, 0.3) is 0 Å². The molecule has 1 aliphatic rings.